The number of nitrogen functional groups attached to an aromatic ring is 1. The number of carbonyl (C=O) groups excluding carboxylic acids is 1. The van der Waals surface area contributed by atoms with Crippen LogP contribution in [0.1, 0.15) is 42.1 Å². The molecule has 3 N–H and O–H groups in total. The molecule has 3 rings (SSSR count). The molecule has 1 amide bonds. The summed E-state index contributed by atoms with van der Waals surface area (Å²) in [6.07, 6.45) is 3.53. The molecule has 2 aromatic carbocycles. The molecular formula is C20H24ClN3O. The van der Waals surface area contributed by atoms with Crippen molar-refractivity contribution in [2.75, 3.05) is 22.5 Å². The quantitative estimate of drug-likeness (QED) is 0.771. The number of nitrogens with one attached hydrogen (secondary N) is 1. The number of anilines is 3. The molecular weight excluding hydrogens is 334 g/mol. The van der Waals surface area contributed by atoms with E-state index in [1.165, 1.54) is 6.42 Å². The van der Waals surface area contributed by atoms with Crippen LogP contribution in [0.15, 0.2) is 36.4 Å². The smallest absolute Gasteiger partial charge is 0.255 e. The SMILES string of the molecule is Cc1ccccc1C(=O)Nc1cc(N2CCCC[C@@H]2C)c(N)cc1Cl. The molecule has 0 saturated carbocycles. The van der Waals surface area contributed by atoms with E-state index in [1.54, 1.807) is 6.07 Å². The largest absolute Gasteiger partial charge is 0.397 e. The maximum Gasteiger partial charge on any atom is 0.255 e. The van der Waals surface area contributed by atoms with Crippen LogP contribution in [0.3, 0.4) is 0 Å². The summed E-state index contributed by atoms with van der Waals surface area (Å²) in [5, 5.41) is 3.39. The van der Waals surface area contributed by atoms with Gasteiger partial charge in [-0.1, -0.05) is 29.8 Å². The molecule has 1 saturated heterocycles. The van der Waals surface area contributed by atoms with Gasteiger partial charge in [0.1, 0.15) is 0 Å². The van der Waals surface area contributed by atoms with E-state index in [9.17, 15) is 4.79 Å². The van der Waals surface area contributed by atoms with Crippen molar-refractivity contribution in [1.82, 2.24) is 0 Å². The fraction of sp³-hybridized carbons (Fsp3) is 0.350. The number of nitrogens with zero attached hydrogens (tertiary/aromatic N) is 1. The predicted molar refractivity (Wildman–Crippen MR) is 106 cm³/mol. The van der Waals surface area contributed by atoms with Gasteiger partial charge < -0.3 is 16.0 Å². The Balaban J connectivity index is 1.90. The number of aryl methyl sites for hydroxylation is 1. The molecule has 1 fully saturated rings. The number of hydrogen-bond donors (Lipinski definition) is 2. The third-order valence-electron chi connectivity index (χ3n) is 4.87. The molecule has 0 bridgehead atoms. The third kappa shape index (κ3) is 3.74. The van der Waals surface area contributed by atoms with Crippen molar-refractivity contribution in [2.24, 2.45) is 0 Å². The number of rotatable bonds is 3. The molecule has 5 heteroatoms. The molecule has 0 spiro atoms. The van der Waals surface area contributed by atoms with E-state index in [4.69, 9.17) is 17.3 Å². The van der Waals surface area contributed by atoms with Crippen LogP contribution >= 0.6 is 11.6 Å². The van der Waals surface area contributed by atoms with E-state index in [2.05, 4.69) is 17.1 Å². The Bertz CT molecular complexity index is 791. The number of piperidine rings is 1. The Morgan fingerprint density at radius 2 is 2.04 bits per heavy atom. The number of benzene rings is 2. The van der Waals surface area contributed by atoms with Crippen molar-refractivity contribution < 1.29 is 4.79 Å². The topological polar surface area (TPSA) is 58.4 Å². The first-order valence-electron chi connectivity index (χ1n) is 8.70. The summed E-state index contributed by atoms with van der Waals surface area (Å²) in [5.74, 6) is -0.164. The first-order valence-corrected chi connectivity index (χ1v) is 9.08. The van der Waals surface area contributed by atoms with E-state index < -0.39 is 0 Å². The molecule has 0 unspecified atom stereocenters. The minimum absolute atomic E-state index is 0.164. The van der Waals surface area contributed by atoms with Crippen LogP contribution < -0.4 is 16.0 Å². The lowest BCUT2D eigenvalue weighted by Crippen LogP contribution is -2.37. The lowest BCUT2D eigenvalue weighted by molar-refractivity contribution is 0.102. The van der Waals surface area contributed by atoms with E-state index in [1.807, 2.05) is 37.3 Å². The average Bonchev–Trinajstić information content (AvgIpc) is 2.58. The van der Waals surface area contributed by atoms with Gasteiger partial charge in [0.25, 0.3) is 5.91 Å². The standard InChI is InChI=1S/C20H24ClN3O/c1-13-7-3-4-9-15(13)20(25)23-18-12-19(17(22)11-16(18)21)24-10-6-5-8-14(24)2/h3-4,7,9,11-12,14H,5-6,8,10,22H2,1-2H3,(H,23,25)/t14-/m0/s1. The Kier molecular flexibility index (Phi) is 5.19. The molecule has 0 radical (unpaired) electrons. The Morgan fingerprint density at radius 1 is 1.28 bits per heavy atom. The third-order valence-corrected chi connectivity index (χ3v) is 5.18. The Hall–Kier alpha value is -2.20. The predicted octanol–water partition coefficient (Wildman–Crippen LogP) is 4.86. The van der Waals surface area contributed by atoms with Gasteiger partial charge in [-0.2, -0.15) is 0 Å². The van der Waals surface area contributed by atoms with E-state index in [0.29, 0.717) is 28.0 Å². The Morgan fingerprint density at radius 3 is 2.76 bits per heavy atom. The zero-order valence-electron chi connectivity index (χ0n) is 14.7. The van der Waals surface area contributed by atoms with Gasteiger partial charge in [0.05, 0.1) is 22.1 Å². The second-order valence-corrected chi connectivity index (χ2v) is 7.11. The highest BCUT2D eigenvalue weighted by molar-refractivity contribution is 6.34. The zero-order chi connectivity index (χ0) is 18.0. The molecule has 25 heavy (non-hydrogen) atoms. The maximum atomic E-state index is 12.6. The fourth-order valence-electron chi connectivity index (χ4n) is 3.40. The van der Waals surface area contributed by atoms with Crippen LogP contribution in [0.25, 0.3) is 0 Å². The van der Waals surface area contributed by atoms with Crippen LogP contribution in [-0.4, -0.2) is 18.5 Å². The monoisotopic (exact) mass is 357 g/mol. The highest BCUT2D eigenvalue weighted by Crippen LogP contribution is 2.36. The van der Waals surface area contributed by atoms with Crippen molar-refractivity contribution in [3.63, 3.8) is 0 Å². The summed E-state index contributed by atoms with van der Waals surface area (Å²) in [4.78, 5) is 14.9. The van der Waals surface area contributed by atoms with Gasteiger partial charge in [-0.15, -0.1) is 0 Å². The first kappa shape index (κ1) is 17.6. The zero-order valence-corrected chi connectivity index (χ0v) is 15.4. The number of amides is 1. The van der Waals surface area contributed by atoms with Crippen molar-refractivity contribution >= 4 is 34.6 Å². The average molecular weight is 358 g/mol. The minimum Gasteiger partial charge on any atom is -0.397 e. The molecule has 1 atom stereocenters. The lowest BCUT2D eigenvalue weighted by atomic mass is 10.0. The molecule has 2 aromatic rings. The van der Waals surface area contributed by atoms with Crippen molar-refractivity contribution in [1.29, 1.82) is 0 Å². The molecule has 1 heterocycles. The van der Waals surface area contributed by atoms with Gasteiger partial charge in [-0.25, -0.2) is 0 Å². The van der Waals surface area contributed by atoms with Gasteiger partial charge in [0, 0.05) is 18.2 Å². The molecule has 1 aliphatic rings. The first-order chi connectivity index (χ1) is 12.0. The van der Waals surface area contributed by atoms with Crippen LogP contribution in [0.2, 0.25) is 5.02 Å². The molecule has 0 aromatic heterocycles. The summed E-state index contributed by atoms with van der Waals surface area (Å²) in [5.41, 5.74) is 9.96. The van der Waals surface area contributed by atoms with Crippen molar-refractivity contribution in [3.8, 4) is 0 Å². The van der Waals surface area contributed by atoms with E-state index in [0.717, 1.165) is 30.6 Å². The fourth-order valence-corrected chi connectivity index (χ4v) is 3.61. The number of carbonyl (C=O) groups is 1. The molecule has 132 valence electrons. The van der Waals surface area contributed by atoms with Gasteiger partial charge in [0.2, 0.25) is 0 Å². The van der Waals surface area contributed by atoms with Crippen molar-refractivity contribution in [3.05, 3.63) is 52.5 Å². The van der Waals surface area contributed by atoms with Crippen LogP contribution in [0, 0.1) is 6.92 Å². The maximum absolute atomic E-state index is 12.6. The summed E-state index contributed by atoms with van der Waals surface area (Å²) < 4.78 is 0. The highest BCUT2D eigenvalue weighted by Gasteiger charge is 2.22. The number of halogens is 1. The van der Waals surface area contributed by atoms with Crippen LogP contribution in [-0.2, 0) is 0 Å². The van der Waals surface area contributed by atoms with Gasteiger partial charge in [-0.3, -0.25) is 4.79 Å². The minimum atomic E-state index is -0.164. The summed E-state index contributed by atoms with van der Waals surface area (Å²) >= 11 is 6.33. The van der Waals surface area contributed by atoms with Gasteiger partial charge in [0.15, 0.2) is 0 Å². The molecule has 1 aliphatic heterocycles. The molecule has 4 nitrogen and oxygen atoms in total. The van der Waals surface area contributed by atoms with Crippen LogP contribution in [0.4, 0.5) is 17.1 Å². The normalized spacial score (nSPS) is 17.4. The van der Waals surface area contributed by atoms with Gasteiger partial charge >= 0.3 is 0 Å². The summed E-state index contributed by atoms with van der Waals surface area (Å²) in [6.45, 7) is 5.09. The second kappa shape index (κ2) is 7.36. The summed E-state index contributed by atoms with van der Waals surface area (Å²) in [6, 6.07) is 11.5. The van der Waals surface area contributed by atoms with Crippen molar-refractivity contribution in [2.45, 2.75) is 39.2 Å². The number of hydrogen-bond acceptors (Lipinski definition) is 3. The number of nitrogens with two attached hydrogens (primary N) is 1. The molecule has 0 aliphatic carbocycles. The highest BCUT2D eigenvalue weighted by atomic mass is 35.5. The van der Waals surface area contributed by atoms with Crippen LogP contribution in [0.5, 0.6) is 0 Å². The second-order valence-electron chi connectivity index (χ2n) is 6.70. The van der Waals surface area contributed by atoms with E-state index >= 15 is 0 Å². The summed E-state index contributed by atoms with van der Waals surface area (Å²) in [7, 11) is 0. The Labute approximate surface area is 154 Å². The van der Waals surface area contributed by atoms with E-state index in [-0.39, 0.29) is 5.91 Å². The lowest BCUT2D eigenvalue weighted by Gasteiger charge is -2.36. The van der Waals surface area contributed by atoms with Gasteiger partial charge in [-0.05, 0) is 56.9 Å².